The average molecular weight is 419 g/mol. The average Bonchev–Trinajstić information content (AvgIpc) is 2.82. The van der Waals surface area contributed by atoms with Crippen molar-refractivity contribution in [1.82, 2.24) is 15.2 Å². The maximum absolute atomic E-state index is 13.8. The molecule has 0 amide bonds. The van der Waals surface area contributed by atoms with Crippen LogP contribution in [0.5, 0.6) is 5.75 Å². The first-order valence-corrected chi connectivity index (χ1v) is 11.0. The monoisotopic (exact) mass is 418 g/mol. The van der Waals surface area contributed by atoms with Gasteiger partial charge < -0.3 is 15.0 Å². The fraction of sp³-hybridized carbons (Fsp3) is 0.320. The molecule has 2 aromatic carbocycles. The van der Waals surface area contributed by atoms with Crippen molar-refractivity contribution in [2.75, 3.05) is 44.2 Å². The molecule has 1 aromatic heterocycles. The van der Waals surface area contributed by atoms with Crippen molar-refractivity contribution in [2.24, 2.45) is 0 Å². The molecular weight excluding hydrogens is 391 g/mol. The minimum absolute atomic E-state index is 0.208. The van der Waals surface area contributed by atoms with Crippen LogP contribution in [0.4, 0.5) is 10.2 Å². The van der Waals surface area contributed by atoms with Crippen LogP contribution in [0.25, 0.3) is 10.8 Å². The summed E-state index contributed by atoms with van der Waals surface area (Å²) in [4.78, 5) is 9.33. The maximum atomic E-state index is 13.8. The highest BCUT2D eigenvalue weighted by Gasteiger charge is 2.20. The predicted molar refractivity (Wildman–Crippen MR) is 122 cm³/mol. The van der Waals surface area contributed by atoms with Crippen molar-refractivity contribution in [2.45, 2.75) is 12.5 Å². The zero-order valence-electron chi connectivity index (χ0n) is 17.5. The van der Waals surface area contributed by atoms with E-state index in [0.717, 1.165) is 68.0 Å². The number of ether oxygens (including phenoxy) is 1. The highest BCUT2D eigenvalue weighted by atomic mass is 19.1. The van der Waals surface area contributed by atoms with E-state index in [4.69, 9.17) is 4.74 Å². The van der Waals surface area contributed by atoms with E-state index in [9.17, 15) is 4.39 Å². The minimum atomic E-state index is -0.213. The van der Waals surface area contributed by atoms with E-state index in [-0.39, 0.29) is 11.9 Å². The molecule has 2 aliphatic rings. The van der Waals surface area contributed by atoms with Crippen LogP contribution in [0, 0.1) is 5.82 Å². The second-order valence-corrected chi connectivity index (χ2v) is 8.10. The third kappa shape index (κ3) is 4.40. The lowest BCUT2D eigenvalue weighted by Gasteiger charge is -2.36. The smallest absolute Gasteiger partial charge is 0.136 e. The molecule has 0 radical (unpaired) electrons. The summed E-state index contributed by atoms with van der Waals surface area (Å²) in [6.07, 6.45) is 6.75. The molecule has 0 spiro atoms. The van der Waals surface area contributed by atoms with E-state index in [1.165, 1.54) is 11.6 Å². The first kappa shape index (κ1) is 20.0. The molecule has 1 atom stereocenters. The number of para-hydroxylation sites is 1. The first-order valence-electron chi connectivity index (χ1n) is 11.0. The van der Waals surface area contributed by atoms with Crippen LogP contribution in [-0.4, -0.2) is 49.2 Å². The lowest BCUT2D eigenvalue weighted by molar-refractivity contribution is 0.253. The topological polar surface area (TPSA) is 40.6 Å². The lowest BCUT2D eigenvalue weighted by atomic mass is 10.0. The number of fused-ring (bicyclic) bond motifs is 2. The maximum Gasteiger partial charge on any atom is 0.136 e. The zero-order valence-corrected chi connectivity index (χ0v) is 17.5. The Kier molecular flexibility index (Phi) is 5.82. The number of nitrogens with zero attached hydrogens (tertiary/aromatic N) is 3. The van der Waals surface area contributed by atoms with Crippen molar-refractivity contribution < 1.29 is 9.13 Å². The number of benzene rings is 2. The van der Waals surface area contributed by atoms with Gasteiger partial charge in [0.2, 0.25) is 0 Å². The van der Waals surface area contributed by atoms with Crippen LogP contribution in [-0.2, 0) is 0 Å². The molecule has 31 heavy (non-hydrogen) atoms. The van der Waals surface area contributed by atoms with Crippen molar-refractivity contribution in [3.8, 4) is 5.75 Å². The number of nitrogens with one attached hydrogen (secondary N) is 1. The van der Waals surface area contributed by atoms with E-state index in [1.54, 1.807) is 12.3 Å². The summed E-state index contributed by atoms with van der Waals surface area (Å²) in [6.45, 7) is 5.82. The van der Waals surface area contributed by atoms with Gasteiger partial charge in [0, 0.05) is 43.3 Å². The summed E-state index contributed by atoms with van der Waals surface area (Å²) in [5, 5.41) is 5.55. The summed E-state index contributed by atoms with van der Waals surface area (Å²) in [6, 6.07) is 15.2. The molecule has 5 nitrogen and oxygen atoms in total. The highest BCUT2D eigenvalue weighted by Crippen LogP contribution is 2.29. The number of rotatable bonds is 6. The van der Waals surface area contributed by atoms with Gasteiger partial charge in [-0.1, -0.05) is 24.3 Å². The Labute approximate surface area is 182 Å². The quantitative estimate of drug-likeness (QED) is 0.610. The normalized spacial score (nSPS) is 18.7. The van der Waals surface area contributed by atoms with Crippen LogP contribution >= 0.6 is 0 Å². The third-order valence-corrected chi connectivity index (χ3v) is 6.11. The van der Waals surface area contributed by atoms with E-state index in [1.807, 2.05) is 30.5 Å². The molecule has 1 fully saturated rings. The fourth-order valence-electron chi connectivity index (χ4n) is 4.44. The van der Waals surface area contributed by atoms with Gasteiger partial charge in [-0.2, -0.15) is 0 Å². The van der Waals surface area contributed by atoms with Gasteiger partial charge in [-0.05, 0) is 55.2 Å². The molecule has 3 aromatic rings. The fourth-order valence-corrected chi connectivity index (χ4v) is 4.44. The van der Waals surface area contributed by atoms with Crippen molar-refractivity contribution in [1.29, 1.82) is 0 Å². The van der Waals surface area contributed by atoms with Gasteiger partial charge in [-0.3, -0.25) is 4.90 Å². The van der Waals surface area contributed by atoms with Crippen molar-refractivity contribution in [3.05, 3.63) is 78.4 Å². The molecule has 0 saturated carbocycles. The molecule has 1 unspecified atom stereocenters. The Morgan fingerprint density at radius 3 is 2.84 bits per heavy atom. The number of piperazine rings is 1. The van der Waals surface area contributed by atoms with Gasteiger partial charge >= 0.3 is 0 Å². The van der Waals surface area contributed by atoms with E-state index < -0.39 is 0 Å². The Morgan fingerprint density at radius 1 is 1.06 bits per heavy atom. The molecule has 160 valence electrons. The van der Waals surface area contributed by atoms with Gasteiger partial charge in [0.15, 0.2) is 0 Å². The Morgan fingerprint density at radius 2 is 1.94 bits per heavy atom. The Bertz CT molecular complexity index is 1080. The second-order valence-electron chi connectivity index (χ2n) is 8.10. The first-order chi connectivity index (χ1) is 15.3. The van der Waals surface area contributed by atoms with E-state index in [2.05, 4.69) is 38.3 Å². The highest BCUT2D eigenvalue weighted by molar-refractivity contribution is 5.92. The summed E-state index contributed by atoms with van der Waals surface area (Å²) >= 11 is 0. The molecule has 0 aliphatic carbocycles. The van der Waals surface area contributed by atoms with Gasteiger partial charge in [-0.15, -0.1) is 0 Å². The van der Waals surface area contributed by atoms with Crippen LogP contribution in [0.15, 0.2) is 67.1 Å². The van der Waals surface area contributed by atoms with Crippen molar-refractivity contribution >= 4 is 16.6 Å². The van der Waals surface area contributed by atoms with E-state index >= 15 is 0 Å². The molecule has 1 saturated heterocycles. The summed E-state index contributed by atoms with van der Waals surface area (Å²) in [5.41, 5.74) is 1.19. The molecule has 3 heterocycles. The SMILES string of the molecule is Fc1ccc2ccnc(N3CCN(CCCNC4C=COc5ccccc54)CC3)c2c1. The minimum Gasteiger partial charge on any atom is -0.465 e. The number of aromatic nitrogens is 1. The summed E-state index contributed by atoms with van der Waals surface area (Å²) in [7, 11) is 0. The second kappa shape index (κ2) is 9.04. The number of hydrogen-bond donors (Lipinski definition) is 1. The molecule has 1 N–H and O–H groups in total. The number of halogens is 1. The van der Waals surface area contributed by atoms with Crippen LogP contribution in [0.2, 0.25) is 0 Å². The lowest BCUT2D eigenvalue weighted by Crippen LogP contribution is -2.47. The molecule has 6 heteroatoms. The Hall–Kier alpha value is -2.96. The van der Waals surface area contributed by atoms with Gasteiger partial charge in [-0.25, -0.2) is 9.37 Å². The third-order valence-electron chi connectivity index (χ3n) is 6.11. The summed E-state index contributed by atoms with van der Waals surface area (Å²) < 4.78 is 19.3. The van der Waals surface area contributed by atoms with Crippen LogP contribution in [0.3, 0.4) is 0 Å². The molecule has 2 aliphatic heterocycles. The Balaban J connectivity index is 1.11. The number of pyridine rings is 1. The van der Waals surface area contributed by atoms with Gasteiger partial charge in [0.25, 0.3) is 0 Å². The molecule has 5 rings (SSSR count). The van der Waals surface area contributed by atoms with Gasteiger partial charge in [0.05, 0.1) is 12.3 Å². The molecular formula is C25H27FN4O. The largest absolute Gasteiger partial charge is 0.465 e. The molecule has 0 bridgehead atoms. The van der Waals surface area contributed by atoms with E-state index in [0.29, 0.717) is 0 Å². The number of anilines is 1. The summed E-state index contributed by atoms with van der Waals surface area (Å²) in [5.74, 6) is 1.61. The van der Waals surface area contributed by atoms with Gasteiger partial charge in [0.1, 0.15) is 17.4 Å². The van der Waals surface area contributed by atoms with Crippen molar-refractivity contribution in [3.63, 3.8) is 0 Å². The van der Waals surface area contributed by atoms with Crippen LogP contribution in [0.1, 0.15) is 18.0 Å². The predicted octanol–water partition coefficient (Wildman–Crippen LogP) is 4.12. The number of hydrogen-bond acceptors (Lipinski definition) is 5. The van der Waals surface area contributed by atoms with Crippen LogP contribution < -0.4 is 15.0 Å². The standard InChI is InChI=1S/C25H27FN4O/c26-20-7-6-19-8-11-28-25(22(19)18-20)30-15-13-29(14-16-30)12-3-10-27-23-9-17-31-24-5-2-1-4-21(23)24/h1-2,4-9,11,17-18,23,27H,3,10,12-16H2. The zero-order chi connectivity index (χ0) is 21.0.